The molecule has 0 aliphatic heterocycles. The van der Waals surface area contributed by atoms with Gasteiger partial charge < -0.3 is 0 Å². The Morgan fingerprint density at radius 3 is 1.02 bits per heavy atom. The van der Waals surface area contributed by atoms with Crippen molar-refractivity contribution in [2.45, 2.75) is 0 Å². The summed E-state index contributed by atoms with van der Waals surface area (Å²) < 4.78 is 518. The second-order valence-corrected chi connectivity index (χ2v) is 30.5. The molecule has 23 aromatic carbocycles. The summed E-state index contributed by atoms with van der Waals surface area (Å²) in [6.07, 6.45) is 0. The number of rotatable bonds is 7. The third-order valence-electron chi connectivity index (χ3n) is 20.8. The Labute approximate surface area is 792 Å². The first-order chi connectivity index (χ1) is 84.2. The molecule has 0 radical (unpaired) electrons. The predicted octanol–water partition coefficient (Wildman–Crippen LogP) is 35.4. The highest BCUT2D eigenvalue weighted by Gasteiger charge is 2.24. The molecule has 121 heavy (non-hydrogen) atoms. The van der Waals surface area contributed by atoms with E-state index in [1.54, 1.807) is 35.6 Å². The van der Waals surface area contributed by atoms with E-state index in [1.807, 2.05) is 36.4 Å². The van der Waals surface area contributed by atoms with E-state index in [9.17, 15) is 24.7 Å². The topological polar surface area (TPSA) is 0 Å². The lowest BCUT2D eigenvalue weighted by molar-refractivity contribution is 1.64. The summed E-state index contributed by atoms with van der Waals surface area (Å²) in [6, 6.07) is -16.3. The molecular formula is C118H72S3. The molecule has 0 saturated heterocycles. The molecule has 0 aliphatic rings. The van der Waals surface area contributed by atoms with Crippen LogP contribution in [-0.4, -0.2) is 0 Å². The van der Waals surface area contributed by atoms with Gasteiger partial charge in [0.25, 0.3) is 0 Å². The highest BCUT2D eigenvalue weighted by atomic mass is 32.1. The molecule has 0 amide bonds. The van der Waals surface area contributed by atoms with Crippen LogP contribution in [0.3, 0.4) is 0 Å². The van der Waals surface area contributed by atoms with E-state index in [0.717, 1.165) is 30.9 Å². The standard InChI is InChI=1S/C42H26S.C40H24S.C36H22S/c1-2-11-28(12-3-1)40-33-15-6-8-17-35(33)41(36-18-9-7-16-34(36)40)29-23-21-27(22-24-29)32-19-10-20-37-38-25-30-13-4-5-14-31(30)26-39(38)43-42(32)37;1-2-11-26-22-29(21-20-25(26)10-1)38-30-14-5-7-16-32(30)39(33-17-8-6-15-31(33)38)35-19-9-18-34-36-23-27-12-3-4-13-28(27)24-37(36)41-40(34)35;1-2-10-23(11-3-1)35-28-14-6-8-16-30(28)36(31-17-9-7-15-29(31)35)26-18-19-27-32-20-24-12-4-5-13-25(24)21-34(32)37-33(27)22-26/h1-26H;1-24H;1-22H/i1D,2D,3D,4D,5D,6D,7D,8D,9D,10D,11D,12D,13D,14D,15D,16D,17D,18D,19D,20D,21D,22D,23D,24D,25D,26D;1D,2D,3D,4D,5D,6D,7D,8D,9D,10D,11D,12D,13D,14D,15D,16D,17D,18D,19D,20D,21D,22D,23D,24D;6D,7D,8D,9D,14D,15D,16D,17D. The Morgan fingerprint density at radius 2 is 0.512 bits per heavy atom. The van der Waals surface area contributed by atoms with Crippen LogP contribution >= 0.6 is 34.0 Å². The number of thiophene rings is 3. The van der Waals surface area contributed by atoms with E-state index in [-0.39, 0.29) is 108 Å². The summed E-state index contributed by atoms with van der Waals surface area (Å²) in [6.45, 7) is 0. The third-order valence-corrected chi connectivity index (χ3v) is 24.2. The monoisotopic (exact) mass is 1640 g/mol. The fourth-order valence-corrected chi connectivity index (χ4v) is 19.1. The number of benzene rings is 23. The maximum Gasteiger partial charge on any atom is 0.0644 e. The molecule has 26 aromatic rings. The van der Waals surface area contributed by atoms with E-state index in [4.69, 9.17) is 54.8 Å². The lowest BCUT2D eigenvalue weighted by Crippen LogP contribution is -1.91. The molecule has 26 rings (SSSR count). The molecule has 0 bridgehead atoms. The SMILES string of the molecule is [2H]c1c([2H])c([2H])c(-c2c3c([2H])c([2H])c([2H])c([2H])c3c(-c3c([2H])c([2H])c(-c4c([2H])c([2H])c([2H])c5c4sc4c([2H])c6c([2H])c([2H])c([2H])c([2H])c6c([2H])c45)c([2H])c3[2H])c3c([2H])c([2H])c([2H])c([2H])c23)c([2H])c1[2H].[2H]c1c([2H])c([2H])c2c(-c3ccc4c(c3)sc3cc5ccccc5cc34)c3c([2H])c([2H])c([2H])c([2H])c3c(-c3ccccc3)c2c1[2H].[2H]c1c([2H])c([2H])c2c(sc3c([2H])c4c([2H])c([2H])c([2H])c([2H])c4c([2H])c32)c1-c1c2c([2H])c([2H])c([2H])c([2H])c2c(-c2c([2H])c([2H])c3c([2H])c([2H])c([2H])c([2H])c3c2[2H])c2c([2H])c([2H])c([2H])c([2H])c12. The average Bonchev–Trinajstić information content (AvgIpc) is 1.66. The van der Waals surface area contributed by atoms with Gasteiger partial charge in [0, 0.05) is 66.1 Å². The highest BCUT2D eigenvalue weighted by Crippen LogP contribution is 2.52. The Kier molecular flexibility index (Phi) is 8.09. The fraction of sp³-hybridized carbons (Fsp3) is 0. The van der Waals surface area contributed by atoms with Gasteiger partial charge in [-0.25, -0.2) is 0 Å². The first-order valence-electron chi connectivity index (χ1n) is 65.9. The lowest BCUT2D eigenvalue weighted by atomic mass is 9.85. The first kappa shape index (κ1) is 33.6. The average molecular weight is 1640 g/mol. The van der Waals surface area contributed by atoms with Gasteiger partial charge >= 0.3 is 0 Å². The van der Waals surface area contributed by atoms with Crippen molar-refractivity contribution in [3.8, 4) is 77.9 Å². The van der Waals surface area contributed by atoms with Crippen LogP contribution in [-0.2, 0) is 0 Å². The van der Waals surface area contributed by atoms with Crippen molar-refractivity contribution in [2.24, 2.45) is 0 Å². The van der Waals surface area contributed by atoms with Gasteiger partial charge in [0.15, 0.2) is 0 Å². The summed E-state index contributed by atoms with van der Waals surface area (Å²) in [5, 5.41) is -3.32. The van der Waals surface area contributed by atoms with Crippen molar-refractivity contribution in [1.82, 2.24) is 0 Å². The lowest BCUT2D eigenvalue weighted by Gasteiger charge is -2.18. The van der Waals surface area contributed by atoms with Gasteiger partial charge in [-0.2, -0.15) is 0 Å². The Balaban J connectivity index is 0.000000140. The molecule has 3 aromatic heterocycles. The molecule has 0 fully saturated rings. The molecule has 0 spiro atoms. The zero-order chi connectivity index (χ0) is 130. The quantitative estimate of drug-likeness (QED) is 0.140. The minimum atomic E-state index is -1.02. The van der Waals surface area contributed by atoms with Gasteiger partial charge in [-0.3, -0.25) is 0 Å². The predicted molar refractivity (Wildman–Crippen MR) is 531 cm³/mol. The van der Waals surface area contributed by atoms with Crippen molar-refractivity contribution >= 4 is 202 Å². The third kappa shape index (κ3) is 11.9. The molecule has 3 heterocycles. The molecular weight excluding hydrogens is 1510 g/mol. The normalized spacial score (nSPS) is 18.5. The minimum absolute atomic E-state index is 0.125. The summed E-state index contributed by atoms with van der Waals surface area (Å²) in [5.74, 6) is 0. The molecule has 0 unspecified atom stereocenters. The second kappa shape index (κ2) is 29.1. The van der Waals surface area contributed by atoms with E-state index in [0.29, 0.717) is 44.9 Å². The Hall–Kier alpha value is -14.7. The van der Waals surface area contributed by atoms with E-state index >= 15 is 0 Å². The van der Waals surface area contributed by atoms with Gasteiger partial charge in [0.2, 0.25) is 0 Å². The van der Waals surface area contributed by atoms with Crippen LogP contribution in [0, 0.1) is 0 Å². The van der Waals surface area contributed by atoms with Crippen LogP contribution in [0.5, 0.6) is 0 Å². The van der Waals surface area contributed by atoms with Gasteiger partial charge in [-0.1, -0.05) is 387 Å². The zero-order valence-electron chi connectivity index (χ0n) is 119. The summed E-state index contributed by atoms with van der Waals surface area (Å²) >= 11 is 2.90. The summed E-state index contributed by atoms with van der Waals surface area (Å²) in [5.41, 5.74) is -4.39. The second-order valence-electron chi connectivity index (χ2n) is 27.4. The van der Waals surface area contributed by atoms with Gasteiger partial charge in [0.1, 0.15) is 0 Å². The largest absolute Gasteiger partial charge is 0.135 e. The van der Waals surface area contributed by atoms with Crippen molar-refractivity contribution in [1.29, 1.82) is 0 Å². The van der Waals surface area contributed by atoms with Crippen molar-refractivity contribution in [3.05, 3.63) is 435 Å². The van der Waals surface area contributed by atoms with Crippen molar-refractivity contribution in [2.75, 3.05) is 0 Å². The van der Waals surface area contributed by atoms with Crippen LogP contribution < -0.4 is 0 Å². The Morgan fingerprint density at radius 1 is 0.157 bits per heavy atom. The van der Waals surface area contributed by atoms with E-state index < -0.39 is 436 Å². The smallest absolute Gasteiger partial charge is 0.0644 e. The molecule has 0 nitrogen and oxygen atoms in total. The molecule has 0 aliphatic carbocycles. The minimum Gasteiger partial charge on any atom is -0.135 e. The molecule has 0 saturated carbocycles. The summed E-state index contributed by atoms with van der Waals surface area (Å²) in [4.78, 5) is 0. The van der Waals surface area contributed by atoms with Crippen molar-refractivity contribution in [3.63, 3.8) is 0 Å². The van der Waals surface area contributed by atoms with Crippen molar-refractivity contribution < 1.29 is 79.5 Å². The number of hydrogen-bond donors (Lipinski definition) is 0. The van der Waals surface area contributed by atoms with Crippen LogP contribution in [0.15, 0.2) is 435 Å². The van der Waals surface area contributed by atoms with Gasteiger partial charge in [-0.05, 0) is 228 Å². The number of fused-ring (bicyclic) bond motifs is 19. The first-order valence-corrected chi connectivity index (χ1v) is 39.3. The van der Waals surface area contributed by atoms with Crippen LogP contribution in [0.1, 0.15) is 79.5 Å². The zero-order valence-corrected chi connectivity index (χ0v) is 63.8. The maximum atomic E-state index is 9.57. The van der Waals surface area contributed by atoms with E-state index in [1.165, 1.54) is 0 Å². The molecule has 0 N–H and O–H groups in total. The summed E-state index contributed by atoms with van der Waals surface area (Å²) in [7, 11) is 0. The number of hydrogen-bond acceptors (Lipinski definition) is 3. The van der Waals surface area contributed by atoms with Gasteiger partial charge in [-0.15, -0.1) is 34.0 Å². The maximum absolute atomic E-state index is 9.57. The molecule has 0 atom stereocenters. The molecule has 562 valence electrons. The highest BCUT2D eigenvalue weighted by molar-refractivity contribution is 7.27. The Bertz CT molecular complexity index is 12200. The van der Waals surface area contributed by atoms with E-state index in [2.05, 4.69) is 24.3 Å². The van der Waals surface area contributed by atoms with Crippen LogP contribution in [0.2, 0.25) is 0 Å². The van der Waals surface area contributed by atoms with Crippen LogP contribution in [0.25, 0.3) is 246 Å². The van der Waals surface area contributed by atoms with Crippen LogP contribution in [0.4, 0.5) is 0 Å². The molecule has 3 heteroatoms. The van der Waals surface area contributed by atoms with Gasteiger partial charge in [0.05, 0.1) is 79.5 Å². The fourth-order valence-electron chi connectivity index (χ4n) is 15.6.